The van der Waals surface area contributed by atoms with Crippen molar-refractivity contribution in [3.05, 3.63) is 212 Å². The fourth-order valence-electron chi connectivity index (χ4n) is 7.78. The van der Waals surface area contributed by atoms with Gasteiger partial charge in [0.1, 0.15) is 5.52 Å². The number of aromatic nitrogens is 3. The Morgan fingerprint density at radius 1 is 0.327 bits per heavy atom. The first-order valence-corrected chi connectivity index (χ1v) is 18.7. The largest absolute Gasteiger partial charge is 0.306 e. The lowest BCUT2D eigenvalue weighted by atomic mass is 9.90. The van der Waals surface area contributed by atoms with Crippen LogP contribution in [-0.4, -0.2) is 14.5 Å². The van der Waals surface area contributed by atoms with E-state index in [0.29, 0.717) is 5.82 Å². The van der Waals surface area contributed by atoms with E-state index in [4.69, 9.17) is 9.97 Å². The Balaban J connectivity index is 1.10. The molecule has 0 saturated carbocycles. The standard InChI is InChI=1S/C52H35N3/c1-5-17-36(18-6-1)45-32-31-42(35-47(45)37-19-7-2-8-20-37)40-24-15-23-39(33-40)41-25-16-26-43(34-41)52-53-49(38-21-9-3-10-22-38)51-50(54-52)46-29-13-14-30-48(46)55(51)44-27-11-4-12-28-44/h1-35H. The highest BCUT2D eigenvalue weighted by atomic mass is 15.0. The van der Waals surface area contributed by atoms with Crippen LogP contribution in [0.5, 0.6) is 0 Å². The predicted octanol–water partition coefficient (Wildman–Crippen LogP) is 13.6. The second-order valence-corrected chi connectivity index (χ2v) is 13.8. The summed E-state index contributed by atoms with van der Waals surface area (Å²) < 4.78 is 2.30. The fourth-order valence-corrected chi connectivity index (χ4v) is 7.78. The van der Waals surface area contributed by atoms with Gasteiger partial charge >= 0.3 is 0 Å². The van der Waals surface area contributed by atoms with Gasteiger partial charge in [-0.05, 0) is 80.9 Å². The first-order valence-electron chi connectivity index (χ1n) is 18.7. The molecule has 0 N–H and O–H groups in total. The predicted molar refractivity (Wildman–Crippen MR) is 229 cm³/mol. The quantitative estimate of drug-likeness (QED) is 0.166. The highest BCUT2D eigenvalue weighted by Gasteiger charge is 2.21. The molecule has 8 aromatic carbocycles. The molecule has 0 spiro atoms. The zero-order valence-electron chi connectivity index (χ0n) is 30.0. The SMILES string of the molecule is c1ccc(-c2ccc(-c3cccc(-c4cccc(-c5nc(-c6ccccc6)c6c(n5)c5ccccc5n6-c5ccccc5)c4)c3)cc2-c2ccccc2)cc1. The van der Waals surface area contributed by atoms with E-state index in [0.717, 1.165) is 61.1 Å². The van der Waals surface area contributed by atoms with Crippen LogP contribution in [0, 0.1) is 0 Å². The van der Waals surface area contributed by atoms with Gasteiger partial charge in [0.25, 0.3) is 0 Å². The Bertz CT molecular complexity index is 2950. The van der Waals surface area contributed by atoms with Gasteiger partial charge in [0, 0.05) is 22.2 Å². The summed E-state index contributed by atoms with van der Waals surface area (Å²) in [7, 11) is 0. The van der Waals surface area contributed by atoms with Gasteiger partial charge in [-0.1, -0.05) is 176 Å². The van der Waals surface area contributed by atoms with E-state index in [9.17, 15) is 0 Å². The summed E-state index contributed by atoms with van der Waals surface area (Å²) in [6.45, 7) is 0. The van der Waals surface area contributed by atoms with E-state index in [-0.39, 0.29) is 0 Å². The Morgan fingerprint density at radius 2 is 0.818 bits per heavy atom. The smallest absolute Gasteiger partial charge is 0.160 e. The monoisotopic (exact) mass is 701 g/mol. The van der Waals surface area contributed by atoms with Crippen molar-refractivity contribution in [2.24, 2.45) is 0 Å². The third-order valence-electron chi connectivity index (χ3n) is 10.4. The zero-order chi connectivity index (χ0) is 36.6. The molecule has 0 saturated heterocycles. The summed E-state index contributed by atoms with van der Waals surface area (Å²) >= 11 is 0. The highest BCUT2D eigenvalue weighted by Crippen LogP contribution is 2.39. The molecule has 10 rings (SSSR count). The molecule has 0 unspecified atom stereocenters. The summed E-state index contributed by atoms with van der Waals surface area (Å²) in [5, 5.41) is 1.10. The van der Waals surface area contributed by atoms with Crippen LogP contribution in [0.1, 0.15) is 0 Å². The maximum Gasteiger partial charge on any atom is 0.160 e. The fraction of sp³-hybridized carbons (Fsp3) is 0. The lowest BCUT2D eigenvalue weighted by Gasteiger charge is -2.14. The van der Waals surface area contributed by atoms with Gasteiger partial charge in [0.2, 0.25) is 0 Å². The Kier molecular flexibility index (Phi) is 8.16. The molecule has 10 aromatic rings. The van der Waals surface area contributed by atoms with Crippen molar-refractivity contribution in [1.82, 2.24) is 14.5 Å². The average Bonchev–Trinajstić information content (AvgIpc) is 3.61. The van der Waals surface area contributed by atoms with Crippen LogP contribution in [0.2, 0.25) is 0 Å². The molecular formula is C52H35N3. The van der Waals surface area contributed by atoms with E-state index in [1.807, 2.05) is 6.07 Å². The van der Waals surface area contributed by atoms with Crippen molar-refractivity contribution in [3.8, 4) is 72.8 Å². The molecule has 0 aliphatic rings. The molecule has 0 fully saturated rings. The molecule has 258 valence electrons. The molecule has 0 amide bonds. The number of fused-ring (bicyclic) bond motifs is 3. The maximum atomic E-state index is 5.36. The Hall–Kier alpha value is -7.36. The van der Waals surface area contributed by atoms with Gasteiger partial charge in [-0.2, -0.15) is 0 Å². The van der Waals surface area contributed by atoms with E-state index < -0.39 is 0 Å². The van der Waals surface area contributed by atoms with E-state index in [2.05, 4.69) is 211 Å². The van der Waals surface area contributed by atoms with Gasteiger partial charge in [-0.3, -0.25) is 0 Å². The third-order valence-corrected chi connectivity index (χ3v) is 10.4. The van der Waals surface area contributed by atoms with E-state index in [1.165, 1.54) is 27.8 Å². The highest BCUT2D eigenvalue weighted by molar-refractivity contribution is 6.11. The first kappa shape index (κ1) is 32.3. The molecule has 2 aromatic heterocycles. The summed E-state index contributed by atoms with van der Waals surface area (Å²) in [5.41, 5.74) is 16.5. The Morgan fingerprint density at radius 3 is 1.47 bits per heavy atom. The lowest BCUT2D eigenvalue weighted by molar-refractivity contribution is 1.15. The maximum absolute atomic E-state index is 5.36. The van der Waals surface area contributed by atoms with Crippen LogP contribution in [0.25, 0.3) is 94.8 Å². The summed E-state index contributed by atoms with van der Waals surface area (Å²) in [4.78, 5) is 10.7. The van der Waals surface area contributed by atoms with E-state index >= 15 is 0 Å². The van der Waals surface area contributed by atoms with Crippen molar-refractivity contribution < 1.29 is 0 Å². The van der Waals surface area contributed by atoms with Crippen LogP contribution in [0.15, 0.2) is 212 Å². The molecule has 0 radical (unpaired) electrons. The van der Waals surface area contributed by atoms with Gasteiger partial charge < -0.3 is 4.57 Å². The topological polar surface area (TPSA) is 30.7 Å². The minimum atomic E-state index is 0.698. The summed E-state index contributed by atoms with van der Waals surface area (Å²) in [5.74, 6) is 0.698. The number of hydrogen-bond donors (Lipinski definition) is 0. The summed E-state index contributed by atoms with van der Waals surface area (Å²) in [6, 6.07) is 75.1. The van der Waals surface area contributed by atoms with Crippen molar-refractivity contribution in [1.29, 1.82) is 0 Å². The third kappa shape index (κ3) is 5.98. The van der Waals surface area contributed by atoms with Crippen LogP contribution in [0.4, 0.5) is 0 Å². The zero-order valence-corrected chi connectivity index (χ0v) is 30.0. The minimum Gasteiger partial charge on any atom is -0.306 e. The first-order chi connectivity index (χ1) is 27.3. The minimum absolute atomic E-state index is 0.698. The number of para-hydroxylation sites is 2. The molecule has 0 bridgehead atoms. The van der Waals surface area contributed by atoms with Gasteiger partial charge in [0.05, 0.1) is 16.7 Å². The number of hydrogen-bond acceptors (Lipinski definition) is 2. The second-order valence-electron chi connectivity index (χ2n) is 13.8. The average molecular weight is 702 g/mol. The van der Waals surface area contributed by atoms with Crippen LogP contribution >= 0.6 is 0 Å². The van der Waals surface area contributed by atoms with Gasteiger partial charge in [-0.15, -0.1) is 0 Å². The molecule has 2 heterocycles. The van der Waals surface area contributed by atoms with Crippen LogP contribution in [-0.2, 0) is 0 Å². The Labute approximate surface area is 320 Å². The molecule has 0 atom stereocenters. The molecule has 0 aliphatic carbocycles. The van der Waals surface area contributed by atoms with Crippen LogP contribution < -0.4 is 0 Å². The van der Waals surface area contributed by atoms with E-state index in [1.54, 1.807) is 0 Å². The van der Waals surface area contributed by atoms with Crippen LogP contribution in [0.3, 0.4) is 0 Å². The normalized spacial score (nSPS) is 11.3. The number of benzene rings is 8. The second kappa shape index (κ2) is 13.9. The number of rotatable bonds is 7. The molecular weight excluding hydrogens is 667 g/mol. The molecule has 3 nitrogen and oxygen atoms in total. The molecule has 55 heavy (non-hydrogen) atoms. The van der Waals surface area contributed by atoms with Crippen molar-refractivity contribution >= 4 is 21.9 Å². The van der Waals surface area contributed by atoms with Crippen molar-refractivity contribution in [2.45, 2.75) is 0 Å². The number of nitrogens with zero attached hydrogens (tertiary/aromatic N) is 3. The lowest BCUT2D eigenvalue weighted by Crippen LogP contribution is -1.99. The van der Waals surface area contributed by atoms with Crippen molar-refractivity contribution in [3.63, 3.8) is 0 Å². The summed E-state index contributed by atoms with van der Waals surface area (Å²) in [6.07, 6.45) is 0. The molecule has 0 aliphatic heterocycles. The van der Waals surface area contributed by atoms with Crippen molar-refractivity contribution in [2.75, 3.05) is 0 Å². The van der Waals surface area contributed by atoms with Gasteiger partial charge in [0.15, 0.2) is 5.82 Å². The van der Waals surface area contributed by atoms with Gasteiger partial charge in [-0.25, -0.2) is 9.97 Å². The molecule has 3 heteroatoms.